The number of carboxylic acids is 1. The summed E-state index contributed by atoms with van der Waals surface area (Å²) in [6.45, 7) is 1.80. The van der Waals surface area contributed by atoms with Crippen molar-refractivity contribution in [3.63, 3.8) is 0 Å². The summed E-state index contributed by atoms with van der Waals surface area (Å²) in [4.78, 5) is 13.4. The highest BCUT2D eigenvalue weighted by Crippen LogP contribution is 2.27. The zero-order chi connectivity index (χ0) is 14.5. The topological polar surface area (TPSA) is 52.6 Å². The second kappa shape index (κ2) is 7.31. The summed E-state index contributed by atoms with van der Waals surface area (Å²) in [6, 6.07) is -0.139. The molecule has 0 aromatic heterocycles. The number of rotatable bonds is 6. The summed E-state index contributed by atoms with van der Waals surface area (Å²) in [5.74, 6) is -0.608. The highest BCUT2D eigenvalue weighted by molar-refractivity contribution is 5.70. The van der Waals surface area contributed by atoms with E-state index in [0.29, 0.717) is 25.4 Å². The van der Waals surface area contributed by atoms with Gasteiger partial charge in [-0.05, 0) is 25.2 Å². The first-order chi connectivity index (χ1) is 9.54. The van der Waals surface area contributed by atoms with E-state index in [0.717, 1.165) is 6.54 Å². The monoisotopic (exact) mass is 290 g/mol. The molecule has 2 unspecified atom stereocenters. The number of nitrogens with one attached hydrogen (secondary N) is 1. The van der Waals surface area contributed by atoms with Crippen LogP contribution in [0, 0.1) is 11.8 Å². The van der Waals surface area contributed by atoms with Crippen molar-refractivity contribution in [2.24, 2.45) is 11.8 Å². The van der Waals surface area contributed by atoms with Gasteiger partial charge in [-0.25, -0.2) is 8.78 Å². The summed E-state index contributed by atoms with van der Waals surface area (Å²) in [7, 11) is 0. The molecule has 0 radical (unpaired) electrons. The molecule has 4 nitrogen and oxygen atoms in total. The molecule has 0 aromatic rings. The van der Waals surface area contributed by atoms with Crippen molar-refractivity contribution in [3.8, 4) is 0 Å². The standard InChI is InChI=1S/C14H24F2N2O2/c15-13(16)6-17-12-5-11(14(19)20)8-18(9-12)7-10-3-1-2-4-10/h10-13,17H,1-9H2,(H,19,20). The lowest BCUT2D eigenvalue weighted by Crippen LogP contribution is -2.52. The van der Waals surface area contributed by atoms with Gasteiger partial charge in [0.1, 0.15) is 0 Å². The van der Waals surface area contributed by atoms with Crippen LogP contribution in [-0.2, 0) is 4.79 Å². The number of hydrogen-bond acceptors (Lipinski definition) is 3. The van der Waals surface area contributed by atoms with Crippen LogP contribution in [0.15, 0.2) is 0 Å². The van der Waals surface area contributed by atoms with Crippen LogP contribution in [0.4, 0.5) is 8.78 Å². The lowest BCUT2D eigenvalue weighted by molar-refractivity contribution is -0.144. The fourth-order valence-corrected chi connectivity index (χ4v) is 3.48. The van der Waals surface area contributed by atoms with E-state index in [2.05, 4.69) is 10.2 Å². The summed E-state index contributed by atoms with van der Waals surface area (Å²) < 4.78 is 24.6. The van der Waals surface area contributed by atoms with Gasteiger partial charge < -0.3 is 15.3 Å². The second-order valence-corrected chi connectivity index (χ2v) is 6.14. The van der Waals surface area contributed by atoms with E-state index in [9.17, 15) is 18.7 Å². The number of carbonyl (C=O) groups is 1. The average Bonchev–Trinajstić information content (AvgIpc) is 2.89. The van der Waals surface area contributed by atoms with E-state index in [4.69, 9.17) is 0 Å². The summed E-state index contributed by atoms with van der Waals surface area (Å²) >= 11 is 0. The maximum Gasteiger partial charge on any atom is 0.307 e. The Morgan fingerprint density at radius 1 is 1.30 bits per heavy atom. The zero-order valence-electron chi connectivity index (χ0n) is 11.7. The van der Waals surface area contributed by atoms with Gasteiger partial charge in [0, 0.05) is 25.7 Å². The molecule has 20 heavy (non-hydrogen) atoms. The SMILES string of the molecule is O=C(O)C1CC(NCC(F)F)CN(CC2CCCC2)C1. The molecule has 0 bridgehead atoms. The first kappa shape index (κ1) is 15.6. The minimum absolute atomic E-state index is 0.139. The second-order valence-electron chi connectivity index (χ2n) is 6.14. The Labute approximate surface area is 118 Å². The molecule has 1 aliphatic heterocycles. The molecule has 6 heteroatoms. The highest BCUT2D eigenvalue weighted by atomic mass is 19.3. The Morgan fingerprint density at radius 3 is 2.60 bits per heavy atom. The highest BCUT2D eigenvalue weighted by Gasteiger charge is 2.32. The van der Waals surface area contributed by atoms with E-state index in [1.165, 1.54) is 25.7 Å². The van der Waals surface area contributed by atoms with Crippen molar-refractivity contribution < 1.29 is 18.7 Å². The average molecular weight is 290 g/mol. The van der Waals surface area contributed by atoms with E-state index >= 15 is 0 Å². The van der Waals surface area contributed by atoms with Crippen molar-refractivity contribution in [3.05, 3.63) is 0 Å². The number of hydrogen-bond donors (Lipinski definition) is 2. The molecule has 0 spiro atoms. The predicted molar refractivity (Wildman–Crippen MR) is 71.9 cm³/mol. The Balaban J connectivity index is 1.87. The molecule has 1 saturated carbocycles. The van der Waals surface area contributed by atoms with Crippen molar-refractivity contribution >= 4 is 5.97 Å². The van der Waals surface area contributed by atoms with E-state index < -0.39 is 18.3 Å². The molecule has 2 rings (SSSR count). The molecule has 1 heterocycles. The van der Waals surface area contributed by atoms with Crippen LogP contribution in [0.25, 0.3) is 0 Å². The quantitative estimate of drug-likeness (QED) is 0.783. The van der Waals surface area contributed by atoms with E-state index in [1.807, 2.05) is 0 Å². The smallest absolute Gasteiger partial charge is 0.307 e. The molecule has 0 amide bonds. The molecular formula is C14H24F2N2O2. The lowest BCUT2D eigenvalue weighted by atomic mass is 9.93. The van der Waals surface area contributed by atoms with Crippen LogP contribution in [0.5, 0.6) is 0 Å². The Kier molecular flexibility index (Phi) is 5.72. The van der Waals surface area contributed by atoms with E-state index in [-0.39, 0.29) is 12.6 Å². The largest absolute Gasteiger partial charge is 0.481 e. The molecule has 116 valence electrons. The lowest BCUT2D eigenvalue weighted by Gasteiger charge is -2.37. The first-order valence-electron chi connectivity index (χ1n) is 7.51. The van der Waals surface area contributed by atoms with Crippen molar-refractivity contribution in [2.45, 2.75) is 44.6 Å². The first-order valence-corrected chi connectivity index (χ1v) is 7.51. The van der Waals surface area contributed by atoms with Gasteiger partial charge in [-0.15, -0.1) is 0 Å². The van der Waals surface area contributed by atoms with Gasteiger partial charge in [0.05, 0.1) is 12.5 Å². The number of carboxylic acid groups (broad SMARTS) is 1. The van der Waals surface area contributed by atoms with Crippen LogP contribution in [0.3, 0.4) is 0 Å². The predicted octanol–water partition coefficient (Wildman–Crippen LogP) is 1.81. The number of nitrogens with zero attached hydrogens (tertiary/aromatic N) is 1. The maximum atomic E-state index is 12.3. The third kappa shape index (κ3) is 4.66. The summed E-state index contributed by atoms with van der Waals surface area (Å²) in [5, 5.41) is 12.0. The molecular weight excluding hydrogens is 266 g/mol. The van der Waals surface area contributed by atoms with Gasteiger partial charge in [-0.1, -0.05) is 12.8 Å². The molecule has 2 aliphatic rings. The fourth-order valence-electron chi connectivity index (χ4n) is 3.48. The van der Waals surface area contributed by atoms with Gasteiger partial charge >= 0.3 is 5.97 Å². The van der Waals surface area contributed by atoms with Crippen LogP contribution < -0.4 is 5.32 Å². The zero-order valence-corrected chi connectivity index (χ0v) is 11.7. The normalized spacial score (nSPS) is 29.1. The van der Waals surface area contributed by atoms with Crippen LogP contribution in [0.1, 0.15) is 32.1 Å². The minimum Gasteiger partial charge on any atom is -0.481 e. The van der Waals surface area contributed by atoms with Crippen LogP contribution in [-0.4, -0.2) is 54.6 Å². The van der Waals surface area contributed by atoms with Crippen LogP contribution >= 0.6 is 0 Å². The fraction of sp³-hybridized carbons (Fsp3) is 0.929. The van der Waals surface area contributed by atoms with Crippen molar-refractivity contribution in [1.82, 2.24) is 10.2 Å². The Hall–Kier alpha value is -0.750. The Morgan fingerprint density at radius 2 is 2.00 bits per heavy atom. The minimum atomic E-state index is -2.39. The Bertz CT molecular complexity index is 322. The molecule has 1 aliphatic carbocycles. The number of halogens is 2. The van der Waals surface area contributed by atoms with Gasteiger partial charge in [-0.3, -0.25) is 4.79 Å². The number of piperidine rings is 1. The van der Waals surface area contributed by atoms with Gasteiger partial charge in [0.15, 0.2) is 0 Å². The van der Waals surface area contributed by atoms with Gasteiger partial charge in [0.2, 0.25) is 0 Å². The third-order valence-electron chi connectivity index (χ3n) is 4.43. The molecule has 2 fully saturated rings. The molecule has 1 saturated heterocycles. The van der Waals surface area contributed by atoms with Crippen molar-refractivity contribution in [2.75, 3.05) is 26.2 Å². The number of aliphatic carboxylic acids is 1. The third-order valence-corrected chi connectivity index (χ3v) is 4.43. The van der Waals surface area contributed by atoms with Crippen molar-refractivity contribution in [1.29, 1.82) is 0 Å². The number of alkyl halides is 2. The molecule has 0 aromatic carbocycles. The van der Waals surface area contributed by atoms with E-state index in [1.54, 1.807) is 0 Å². The number of likely N-dealkylation sites (tertiary alicyclic amines) is 1. The van der Waals surface area contributed by atoms with Gasteiger partial charge in [-0.2, -0.15) is 0 Å². The summed E-state index contributed by atoms with van der Waals surface area (Å²) in [5.41, 5.74) is 0. The summed E-state index contributed by atoms with van der Waals surface area (Å²) in [6.07, 6.45) is 3.00. The van der Waals surface area contributed by atoms with Gasteiger partial charge in [0.25, 0.3) is 6.43 Å². The molecule has 2 atom stereocenters. The maximum absolute atomic E-state index is 12.3. The van der Waals surface area contributed by atoms with Crippen LogP contribution in [0.2, 0.25) is 0 Å². The molecule has 2 N–H and O–H groups in total.